The third-order valence-electron chi connectivity index (χ3n) is 5.69. The lowest BCUT2D eigenvalue weighted by Crippen LogP contribution is -2.36. The quantitative estimate of drug-likeness (QED) is 0.542. The second kappa shape index (κ2) is 3.23. The molecule has 2 nitrogen and oxygen atoms in total. The van der Waals surface area contributed by atoms with Crippen molar-refractivity contribution in [2.75, 3.05) is 0 Å². The summed E-state index contributed by atoms with van der Waals surface area (Å²) in [5.74, 6) is 0.585. The summed E-state index contributed by atoms with van der Waals surface area (Å²) >= 11 is 0. The lowest BCUT2D eigenvalue weighted by atomic mass is 9.71. The number of carbonyl (C=O) groups excluding carboxylic acids is 1. The highest BCUT2D eigenvalue weighted by molar-refractivity contribution is 5.73. The van der Waals surface area contributed by atoms with Gasteiger partial charge in [-0.05, 0) is 43.6 Å². The maximum absolute atomic E-state index is 11.0. The minimum Gasteiger partial charge on any atom is -0.362 e. The number of rotatable bonds is 2. The molecule has 17 heavy (non-hydrogen) atoms. The first-order valence-corrected chi connectivity index (χ1v) is 6.84. The van der Waals surface area contributed by atoms with Crippen LogP contribution in [-0.2, 0) is 9.53 Å². The molecule has 1 spiro atoms. The van der Waals surface area contributed by atoms with Gasteiger partial charge in [-0.25, -0.2) is 0 Å². The van der Waals surface area contributed by atoms with Gasteiger partial charge in [-0.15, -0.1) is 0 Å². The maximum atomic E-state index is 11.0. The first-order chi connectivity index (χ1) is 8.00. The van der Waals surface area contributed by atoms with E-state index in [-0.39, 0.29) is 16.6 Å². The summed E-state index contributed by atoms with van der Waals surface area (Å²) in [5, 5.41) is 0. The Morgan fingerprint density at radius 1 is 1.35 bits per heavy atom. The van der Waals surface area contributed by atoms with E-state index in [1.807, 2.05) is 0 Å². The van der Waals surface area contributed by atoms with Gasteiger partial charge in [0.2, 0.25) is 0 Å². The van der Waals surface area contributed by atoms with Gasteiger partial charge in [0.25, 0.3) is 0 Å². The molecule has 0 radical (unpaired) electrons. The highest BCUT2D eigenvalue weighted by Crippen LogP contribution is 2.74. The highest BCUT2D eigenvalue weighted by atomic mass is 16.6. The molecule has 0 unspecified atom stereocenters. The fraction of sp³-hybridized carbons (Fsp3) is 0.800. The van der Waals surface area contributed by atoms with Crippen molar-refractivity contribution in [3.05, 3.63) is 11.6 Å². The predicted octanol–water partition coefficient (Wildman–Crippen LogP) is 3.26. The second-order valence-electron chi connectivity index (χ2n) is 6.63. The van der Waals surface area contributed by atoms with Crippen molar-refractivity contribution in [2.45, 2.75) is 64.1 Å². The Kier molecular flexibility index (Phi) is 2.17. The Labute approximate surface area is 103 Å². The SMILES string of the molecule is CC(C)[C@]12CC[C@@]3(C)CC=C(C=O)CC[C@@]31O2. The Bertz CT molecular complexity index is 398. The Morgan fingerprint density at radius 3 is 2.71 bits per heavy atom. The Morgan fingerprint density at radius 2 is 2.12 bits per heavy atom. The van der Waals surface area contributed by atoms with Crippen LogP contribution < -0.4 is 0 Å². The van der Waals surface area contributed by atoms with Crippen LogP contribution in [-0.4, -0.2) is 17.5 Å². The summed E-state index contributed by atoms with van der Waals surface area (Å²) in [4.78, 5) is 11.0. The van der Waals surface area contributed by atoms with Crippen LogP contribution in [0.25, 0.3) is 0 Å². The molecule has 3 atom stereocenters. The van der Waals surface area contributed by atoms with Gasteiger partial charge in [-0.3, -0.25) is 4.79 Å². The lowest BCUT2D eigenvalue weighted by Gasteiger charge is -2.30. The zero-order chi connectivity index (χ0) is 12.3. The van der Waals surface area contributed by atoms with Crippen LogP contribution in [0, 0.1) is 11.3 Å². The van der Waals surface area contributed by atoms with Crippen molar-refractivity contribution < 1.29 is 9.53 Å². The van der Waals surface area contributed by atoms with E-state index in [1.165, 1.54) is 12.8 Å². The van der Waals surface area contributed by atoms with E-state index in [2.05, 4.69) is 26.8 Å². The molecule has 0 bridgehead atoms. The molecular formula is C15H22O2. The average Bonchev–Trinajstić information content (AvgIpc) is 2.95. The fourth-order valence-electron chi connectivity index (χ4n) is 4.43. The smallest absolute Gasteiger partial charge is 0.145 e. The normalized spacial score (nSPS) is 48.1. The number of carbonyl (C=O) groups is 1. The van der Waals surface area contributed by atoms with E-state index in [0.29, 0.717) is 5.92 Å². The summed E-state index contributed by atoms with van der Waals surface area (Å²) in [5.41, 5.74) is 1.41. The van der Waals surface area contributed by atoms with Crippen LogP contribution in [0.1, 0.15) is 52.9 Å². The second-order valence-corrected chi connectivity index (χ2v) is 6.63. The van der Waals surface area contributed by atoms with Crippen molar-refractivity contribution in [1.29, 1.82) is 0 Å². The molecule has 2 aliphatic carbocycles. The first kappa shape index (κ1) is 11.5. The summed E-state index contributed by atoms with van der Waals surface area (Å²) in [7, 11) is 0. The predicted molar refractivity (Wildman–Crippen MR) is 66.7 cm³/mol. The van der Waals surface area contributed by atoms with E-state index in [1.54, 1.807) is 0 Å². The van der Waals surface area contributed by atoms with Gasteiger partial charge >= 0.3 is 0 Å². The van der Waals surface area contributed by atoms with Gasteiger partial charge in [-0.2, -0.15) is 0 Å². The topological polar surface area (TPSA) is 29.6 Å². The Balaban J connectivity index is 1.96. The molecule has 0 aromatic heterocycles. The zero-order valence-electron chi connectivity index (χ0n) is 11.1. The Hall–Kier alpha value is -0.630. The number of allylic oxidation sites excluding steroid dienone is 2. The van der Waals surface area contributed by atoms with E-state index in [9.17, 15) is 4.79 Å². The molecule has 0 aromatic rings. The van der Waals surface area contributed by atoms with Gasteiger partial charge in [0.15, 0.2) is 0 Å². The molecule has 1 saturated heterocycles. The van der Waals surface area contributed by atoms with Crippen molar-refractivity contribution in [1.82, 2.24) is 0 Å². The minimum atomic E-state index is 0.0649. The summed E-state index contributed by atoms with van der Waals surface area (Å²) in [6.07, 6.45) is 8.56. The third-order valence-corrected chi connectivity index (χ3v) is 5.69. The summed E-state index contributed by atoms with van der Waals surface area (Å²) in [6.45, 7) is 6.91. The largest absolute Gasteiger partial charge is 0.362 e. The van der Waals surface area contributed by atoms with Gasteiger partial charge in [0, 0.05) is 5.41 Å². The van der Waals surface area contributed by atoms with Crippen LogP contribution >= 0.6 is 0 Å². The van der Waals surface area contributed by atoms with Gasteiger partial charge in [0.05, 0.1) is 0 Å². The first-order valence-electron chi connectivity index (χ1n) is 6.84. The number of ether oxygens (including phenoxy) is 1. The van der Waals surface area contributed by atoms with Crippen molar-refractivity contribution in [3.8, 4) is 0 Å². The van der Waals surface area contributed by atoms with Gasteiger partial charge in [-0.1, -0.05) is 26.8 Å². The monoisotopic (exact) mass is 234 g/mol. The molecule has 3 rings (SSSR count). The fourth-order valence-corrected chi connectivity index (χ4v) is 4.43. The molecule has 1 heterocycles. The molecule has 2 fully saturated rings. The third kappa shape index (κ3) is 1.17. The molecule has 0 aromatic carbocycles. The molecule has 1 aliphatic heterocycles. The zero-order valence-corrected chi connectivity index (χ0v) is 11.1. The van der Waals surface area contributed by atoms with Crippen molar-refractivity contribution in [2.24, 2.45) is 11.3 Å². The lowest BCUT2D eigenvalue weighted by molar-refractivity contribution is -0.105. The van der Waals surface area contributed by atoms with E-state index >= 15 is 0 Å². The van der Waals surface area contributed by atoms with E-state index < -0.39 is 0 Å². The minimum absolute atomic E-state index is 0.0649. The van der Waals surface area contributed by atoms with Crippen LogP contribution in [0.4, 0.5) is 0 Å². The van der Waals surface area contributed by atoms with Crippen molar-refractivity contribution >= 4 is 6.29 Å². The number of hydrogen-bond donors (Lipinski definition) is 0. The van der Waals surface area contributed by atoms with E-state index in [4.69, 9.17) is 4.74 Å². The maximum Gasteiger partial charge on any atom is 0.145 e. The number of aldehydes is 1. The standard InChI is InChI=1S/C15H22O2/c1-11(2)14-9-8-13(3)6-4-12(10-16)5-7-15(13,14)17-14/h4,10-11H,5-9H2,1-3H3/t13-,14-,15-/m1/s1. The van der Waals surface area contributed by atoms with Crippen molar-refractivity contribution in [3.63, 3.8) is 0 Å². The molecule has 0 N–H and O–H groups in total. The van der Waals surface area contributed by atoms with Crippen LogP contribution in [0.3, 0.4) is 0 Å². The number of hydrogen-bond acceptors (Lipinski definition) is 2. The molecule has 1 saturated carbocycles. The molecule has 2 heteroatoms. The van der Waals surface area contributed by atoms with Crippen LogP contribution in [0.5, 0.6) is 0 Å². The van der Waals surface area contributed by atoms with E-state index in [0.717, 1.165) is 31.1 Å². The number of epoxide rings is 1. The summed E-state index contributed by atoms with van der Waals surface area (Å²) < 4.78 is 6.32. The van der Waals surface area contributed by atoms with Gasteiger partial charge < -0.3 is 4.74 Å². The molecular weight excluding hydrogens is 212 g/mol. The average molecular weight is 234 g/mol. The van der Waals surface area contributed by atoms with Crippen LogP contribution in [0.2, 0.25) is 0 Å². The van der Waals surface area contributed by atoms with Crippen LogP contribution in [0.15, 0.2) is 11.6 Å². The summed E-state index contributed by atoms with van der Waals surface area (Å²) in [6, 6.07) is 0. The molecule has 0 amide bonds. The van der Waals surface area contributed by atoms with Gasteiger partial charge in [0.1, 0.15) is 17.5 Å². The molecule has 3 aliphatic rings. The highest BCUT2D eigenvalue weighted by Gasteiger charge is 2.80. The molecule has 94 valence electrons.